The smallest absolute Gasteiger partial charge is 0.323 e. The summed E-state index contributed by atoms with van der Waals surface area (Å²) in [6.45, 7) is -0.970. The van der Waals surface area contributed by atoms with Crippen LogP contribution in [0.3, 0.4) is 0 Å². The van der Waals surface area contributed by atoms with Gasteiger partial charge in [-0.15, -0.1) is 0 Å². The Morgan fingerprint density at radius 3 is 1.43 bits per heavy atom. The third kappa shape index (κ3) is 4.95. The highest BCUT2D eigenvalue weighted by Gasteiger charge is 2.34. The summed E-state index contributed by atoms with van der Waals surface area (Å²) < 4.78 is 0.377. The highest BCUT2D eigenvalue weighted by molar-refractivity contribution is 8.27. The minimum Gasteiger partial charge on any atom is -0.480 e. The SMILES string of the molecule is O=C(O)CN1C(=O)/C(=C\c2ccc(/C=C3/SC(=S)N(CC(=O)O)C3=O)cc2)SC1=S. The summed E-state index contributed by atoms with van der Waals surface area (Å²) in [7, 11) is 0. The number of amides is 2. The molecule has 2 amide bonds. The topological polar surface area (TPSA) is 115 Å². The number of hydrogen-bond donors (Lipinski definition) is 2. The Hall–Kier alpha value is -2.54. The zero-order chi connectivity index (χ0) is 22.0. The van der Waals surface area contributed by atoms with E-state index in [1.165, 1.54) is 0 Å². The van der Waals surface area contributed by atoms with E-state index in [2.05, 4.69) is 0 Å². The van der Waals surface area contributed by atoms with Crippen molar-refractivity contribution in [1.82, 2.24) is 9.80 Å². The lowest BCUT2D eigenvalue weighted by Gasteiger charge is -2.10. The fourth-order valence-corrected chi connectivity index (χ4v) is 5.04. The van der Waals surface area contributed by atoms with Gasteiger partial charge in [0.05, 0.1) is 9.81 Å². The highest BCUT2D eigenvalue weighted by Crippen LogP contribution is 2.34. The normalized spacial score (nSPS) is 19.5. The number of carboxylic acid groups (broad SMARTS) is 2. The third-order valence-electron chi connectivity index (χ3n) is 3.87. The number of benzene rings is 1. The van der Waals surface area contributed by atoms with Crippen LogP contribution in [-0.2, 0) is 19.2 Å². The maximum Gasteiger partial charge on any atom is 0.323 e. The lowest BCUT2D eigenvalue weighted by Crippen LogP contribution is -2.33. The molecule has 0 unspecified atom stereocenters. The molecule has 2 N–H and O–H groups in total. The summed E-state index contributed by atoms with van der Waals surface area (Å²) >= 11 is 12.2. The number of thiocarbonyl (C=S) groups is 2. The number of carbonyl (C=O) groups excluding carboxylic acids is 2. The van der Waals surface area contributed by atoms with Crippen molar-refractivity contribution in [3.63, 3.8) is 0 Å². The summed E-state index contributed by atoms with van der Waals surface area (Å²) in [5, 5.41) is 17.7. The van der Waals surface area contributed by atoms with Crippen LogP contribution in [0.4, 0.5) is 0 Å². The molecule has 12 heteroatoms. The highest BCUT2D eigenvalue weighted by atomic mass is 32.2. The van der Waals surface area contributed by atoms with Gasteiger partial charge in [-0.25, -0.2) is 0 Å². The van der Waals surface area contributed by atoms with Crippen molar-refractivity contribution >= 4 is 92.5 Å². The van der Waals surface area contributed by atoms with Crippen LogP contribution in [0.1, 0.15) is 11.1 Å². The van der Waals surface area contributed by atoms with Gasteiger partial charge in [0.15, 0.2) is 0 Å². The quantitative estimate of drug-likeness (QED) is 0.464. The Morgan fingerprint density at radius 1 is 0.800 bits per heavy atom. The van der Waals surface area contributed by atoms with Crippen LogP contribution in [0.2, 0.25) is 0 Å². The molecule has 2 heterocycles. The zero-order valence-corrected chi connectivity index (χ0v) is 18.2. The van der Waals surface area contributed by atoms with Crippen molar-refractivity contribution in [3.05, 3.63) is 45.2 Å². The molecule has 2 aliphatic rings. The van der Waals surface area contributed by atoms with E-state index < -0.39 is 36.8 Å². The van der Waals surface area contributed by atoms with Gasteiger partial charge in [-0.3, -0.25) is 29.0 Å². The molecule has 1 aromatic carbocycles. The van der Waals surface area contributed by atoms with E-state index in [0.29, 0.717) is 20.9 Å². The molecule has 8 nitrogen and oxygen atoms in total. The minimum absolute atomic E-state index is 0.189. The van der Waals surface area contributed by atoms with Crippen LogP contribution in [-0.4, -0.2) is 65.5 Å². The van der Waals surface area contributed by atoms with Crippen molar-refractivity contribution in [2.24, 2.45) is 0 Å². The number of aliphatic carboxylic acids is 2. The minimum atomic E-state index is -1.15. The van der Waals surface area contributed by atoms with Gasteiger partial charge in [-0.05, 0) is 23.3 Å². The third-order valence-corrected chi connectivity index (χ3v) is 6.62. The molecule has 2 saturated heterocycles. The van der Waals surface area contributed by atoms with Crippen molar-refractivity contribution in [2.75, 3.05) is 13.1 Å². The predicted octanol–water partition coefficient (Wildman–Crippen LogP) is 2.26. The summed E-state index contributed by atoms with van der Waals surface area (Å²) in [5.74, 6) is -3.21. The van der Waals surface area contributed by atoms with E-state index in [1.807, 2.05) is 0 Å². The van der Waals surface area contributed by atoms with E-state index in [9.17, 15) is 19.2 Å². The fraction of sp³-hybridized carbons (Fsp3) is 0.111. The van der Waals surface area contributed by atoms with E-state index in [-0.39, 0.29) is 8.64 Å². The molecule has 30 heavy (non-hydrogen) atoms. The van der Waals surface area contributed by atoms with E-state index in [0.717, 1.165) is 33.3 Å². The maximum absolute atomic E-state index is 12.3. The second-order valence-corrected chi connectivity index (χ2v) is 9.34. The van der Waals surface area contributed by atoms with Crippen LogP contribution in [0.5, 0.6) is 0 Å². The molecule has 0 bridgehead atoms. The van der Waals surface area contributed by atoms with Crippen molar-refractivity contribution in [3.8, 4) is 0 Å². The first-order valence-corrected chi connectivity index (χ1v) is 10.6. The molecule has 154 valence electrons. The zero-order valence-electron chi connectivity index (χ0n) is 14.9. The maximum atomic E-state index is 12.3. The summed E-state index contributed by atoms with van der Waals surface area (Å²) in [6.07, 6.45) is 3.22. The average molecular weight is 481 g/mol. The molecule has 2 fully saturated rings. The van der Waals surface area contributed by atoms with Crippen molar-refractivity contribution in [2.45, 2.75) is 0 Å². The largest absolute Gasteiger partial charge is 0.480 e. The Bertz CT molecular complexity index is 964. The molecule has 0 radical (unpaired) electrons. The molecule has 0 spiro atoms. The van der Waals surface area contributed by atoms with Gasteiger partial charge >= 0.3 is 11.9 Å². The second kappa shape index (κ2) is 9.08. The van der Waals surface area contributed by atoms with Gasteiger partial charge in [-0.1, -0.05) is 72.2 Å². The van der Waals surface area contributed by atoms with Crippen LogP contribution in [0, 0.1) is 0 Å². The molecule has 1 aromatic rings. The van der Waals surface area contributed by atoms with Gasteiger partial charge in [0, 0.05) is 0 Å². The Kier molecular flexibility index (Phi) is 6.71. The molecular formula is C18H12N2O6S4. The summed E-state index contributed by atoms with van der Waals surface area (Å²) in [4.78, 5) is 49.0. The van der Waals surface area contributed by atoms with Gasteiger partial charge in [0.1, 0.15) is 21.7 Å². The first-order valence-electron chi connectivity index (χ1n) is 8.20. The Morgan fingerprint density at radius 2 is 1.13 bits per heavy atom. The molecular weight excluding hydrogens is 468 g/mol. The number of carboxylic acids is 2. The van der Waals surface area contributed by atoms with E-state index >= 15 is 0 Å². The molecule has 0 saturated carbocycles. The second-order valence-electron chi connectivity index (χ2n) is 5.99. The number of carbonyl (C=O) groups is 4. The average Bonchev–Trinajstić information content (AvgIpc) is 3.07. The van der Waals surface area contributed by atoms with E-state index in [4.69, 9.17) is 34.6 Å². The van der Waals surface area contributed by atoms with Crippen LogP contribution in [0.15, 0.2) is 34.1 Å². The van der Waals surface area contributed by atoms with Crippen molar-refractivity contribution < 1.29 is 29.4 Å². The van der Waals surface area contributed by atoms with Crippen LogP contribution >= 0.6 is 48.0 Å². The lowest BCUT2D eigenvalue weighted by molar-refractivity contribution is -0.140. The Balaban J connectivity index is 1.75. The molecule has 3 rings (SSSR count). The Labute approximate surface area is 189 Å². The molecule has 2 aliphatic heterocycles. The fourth-order valence-electron chi connectivity index (χ4n) is 2.53. The van der Waals surface area contributed by atoms with E-state index in [1.54, 1.807) is 36.4 Å². The van der Waals surface area contributed by atoms with Gasteiger partial charge in [0.25, 0.3) is 11.8 Å². The number of thioether (sulfide) groups is 2. The molecule has 0 aliphatic carbocycles. The molecule has 0 atom stereocenters. The number of nitrogens with zero attached hydrogens (tertiary/aromatic N) is 2. The van der Waals surface area contributed by atoms with Gasteiger partial charge in [-0.2, -0.15) is 0 Å². The first-order chi connectivity index (χ1) is 14.2. The summed E-state index contributed by atoms with van der Waals surface area (Å²) in [5.41, 5.74) is 1.39. The monoisotopic (exact) mass is 480 g/mol. The standard InChI is InChI=1S/C18H12N2O6S4/c21-13(22)7-19-15(25)11(29-17(19)27)5-9-1-2-10(4-3-9)6-12-16(26)20(8-14(23)24)18(28)30-12/h1-6H,7-8H2,(H,21,22)(H,23,24)/b11-5+,12-6+. The predicted molar refractivity (Wildman–Crippen MR) is 121 cm³/mol. The lowest BCUT2D eigenvalue weighted by atomic mass is 10.1. The molecule has 0 aromatic heterocycles. The first kappa shape index (κ1) is 22.2. The van der Waals surface area contributed by atoms with Crippen molar-refractivity contribution in [1.29, 1.82) is 0 Å². The van der Waals surface area contributed by atoms with Crippen LogP contribution in [0.25, 0.3) is 12.2 Å². The number of hydrogen-bond acceptors (Lipinski definition) is 8. The summed E-state index contributed by atoms with van der Waals surface area (Å²) in [6, 6.07) is 6.92. The number of rotatable bonds is 6. The van der Waals surface area contributed by atoms with Gasteiger partial charge in [0.2, 0.25) is 0 Å². The van der Waals surface area contributed by atoms with Crippen LogP contribution < -0.4 is 0 Å². The van der Waals surface area contributed by atoms with Gasteiger partial charge < -0.3 is 10.2 Å².